The van der Waals surface area contributed by atoms with Crippen molar-refractivity contribution < 1.29 is 14.0 Å². The maximum absolute atomic E-state index is 13.5. The minimum atomic E-state index is -0.545. The fourth-order valence-corrected chi connectivity index (χ4v) is 1.92. The number of carbonyl (C=O) groups excluding carboxylic acids is 2. The van der Waals surface area contributed by atoms with Gasteiger partial charge in [0, 0.05) is 18.2 Å². The van der Waals surface area contributed by atoms with Gasteiger partial charge in [-0.1, -0.05) is 38.1 Å². The monoisotopic (exact) mass is 314 g/mol. The summed E-state index contributed by atoms with van der Waals surface area (Å²) in [6, 6.07) is 13.0. The number of halogens is 1. The van der Waals surface area contributed by atoms with Crippen LogP contribution in [-0.4, -0.2) is 11.8 Å². The summed E-state index contributed by atoms with van der Waals surface area (Å²) in [5.41, 5.74) is 1.58. The van der Waals surface area contributed by atoms with Gasteiger partial charge in [0.2, 0.25) is 5.91 Å². The minimum Gasteiger partial charge on any atom is -0.348 e. The van der Waals surface area contributed by atoms with Gasteiger partial charge >= 0.3 is 0 Å². The predicted octanol–water partition coefficient (Wildman–Crippen LogP) is 3.35. The van der Waals surface area contributed by atoms with Crippen molar-refractivity contribution in [2.75, 3.05) is 5.32 Å². The average molecular weight is 314 g/mol. The van der Waals surface area contributed by atoms with E-state index in [1.807, 2.05) is 13.8 Å². The van der Waals surface area contributed by atoms with E-state index in [0.717, 1.165) is 5.56 Å². The molecule has 23 heavy (non-hydrogen) atoms. The molecule has 0 aliphatic carbocycles. The molecule has 0 unspecified atom stereocenters. The van der Waals surface area contributed by atoms with E-state index in [1.54, 1.807) is 30.3 Å². The number of hydrogen-bond acceptors (Lipinski definition) is 2. The summed E-state index contributed by atoms with van der Waals surface area (Å²) >= 11 is 0. The van der Waals surface area contributed by atoms with E-state index in [9.17, 15) is 14.0 Å². The Labute approximate surface area is 134 Å². The second-order valence-electron chi connectivity index (χ2n) is 5.50. The van der Waals surface area contributed by atoms with E-state index >= 15 is 0 Å². The topological polar surface area (TPSA) is 58.2 Å². The number of benzene rings is 2. The molecule has 2 N–H and O–H groups in total. The van der Waals surface area contributed by atoms with Gasteiger partial charge in [0.1, 0.15) is 5.82 Å². The highest BCUT2D eigenvalue weighted by atomic mass is 19.1. The van der Waals surface area contributed by atoms with Crippen LogP contribution < -0.4 is 10.6 Å². The van der Waals surface area contributed by atoms with Crippen LogP contribution in [0.2, 0.25) is 0 Å². The molecule has 5 heteroatoms. The molecule has 0 radical (unpaired) electrons. The fraction of sp³-hybridized carbons (Fsp3) is 0.222. The lowest BCUT2D eigenvalue weighted by atomic mass is 10.1. The third kappa shape index (κ3) is 4.64. The number of anilines is 1. The summed E-state index contributed by atoms with van der Waals surface area (Å²) in [7, 11) is 0. The van der Waals surface area contributed by atoms with Crippen molar-refractivity contribution in [3.05, 3.63) is 65.5 Å². The van der Waals surface area contributed by atoms with Gasteiger partial charge < -0.3 is 10.6 Å². The van der Waals surface area contributed by atoms with Crippen molar-refractivity contribution in [3.63, 3.8) is 0 Å². The van der Waals surface area contributed by atoms with Crippen LogP contribution in [-0.2, 0) is 11.3 Å². The normalized spacial score (nSPS) is 10.4. The van der Waals surface area contributed by atoms with Crippen molar-refractivity contribution in [3.8, 4) is 0 Å². The maximum atomic E-state index is 13.5. The van der Waals surface area contributed by atoms with Gasteiger partial charge in [0.15, 0.2) is 0 Å². The van der Waals surface area contributed by atoms with Crippen LogP contribution >= 0.6 is 0 Å². The molecule has 0 aliphatic heterocycles. The highest BCUT2D eigenvalue weighted by Crippen LogP contribution is 2.11. The first-order chi connectivity index (χ1) is 11.0. The Morgan fingerprint density at radius 2 is 1.70 bits per heavy atom. The Balaban J connectivity index is 1.93. The Bertz CT molecular complexity index is 696. The number of carbonyl (C=O) groups is 2. The van der Waals surface area contributed by atoms with Crippen LogP contribution in [0.3, 0.4) is 0 Å². The Hall–Kier alpha value is -2.69. The lowest BCUT2D eigenvalue weighted by Crippen LogP contribution is -2.23. The molecular weight excluding hydrogens is 295 g/mol. The van der Waals surface area contributed by atoms with Crippen LogP contribution in [0.1, 0.15) is 29.8 Å². The second-order valence-corrected chi connectivity index (χ2v) is 5.50. The van der Waals surface area contributed by atoms with E-state index < -0.39 is 11.7 Å². The molecular formula is C18H19FN2O2. The predicted molar refractivity (Wildman–Crippen MR) is 87.5 cm³/mol. The first-order valence-electron chi connectivity index (χ1n) is 7.40. The largest absolute Gasteiger partial charge is 0.348 e. The zero-order valence-electron chi connectivity index (χ0n) is 13.1. The number of rotatable bonds is 5. The van der Waals surface area contributed by atoms with E-state index in [4.69, 9.17) is 0 Å². The molecule has 120 valence electrons. The van der Waals surface area contributed by atoms with Crippen LogP contribution in [0.5, 0.6) is 0 Å². The lowest BCUT2D eigenvalue weighted by Gasteiger charge is -2.09. The van der Waals surface area contributed by atoms with Crippen molar-refractivity contribution in [1.29, 1.82) is 0 Å². The van der Waals surface area contributed by atoms with Crippen LogP contribution in [0, 0.1) is 11.7 Å². The van der Waals surface area contributed by atoms with E-state index in [0.29, 0.717) is 5.69 Å². The summed E-state index contributed by atoms with van der Waals surface area (Å²) in [6.07, 6.45) is 0. The van der Waals surface area contributed by atoms with Crippen molar-refractivity contribution in [1.82, 2.24) is 5.32 Å². The van der Waals surface area contributed by atoms with E-state index in [-0.39, 0.29) is 23.9 Å². The van der Waals surface area contributed by atoms with Crippen LogP contribution in [0.15, 0.2) is 48.5 Å². The van der Waals surface area contributed by atoms with Gasteiger partial charge in [0.05, 0.1) is 5.56 Å². The Kier molecular flexibility index (Phi) is 5.46. The Morgan fingerprint density at radius 3 is 2.30 bits per heavy atom. The molecule has 0 saturated heterocycles. The summed E-state index contributed by atoms with van der Waals surface area (Å²) in [5, 5.41) is 5.46. The summed E-state index contributed by atoms with van der Waals surface area (Å²) < 4.78 is 13.5. The zero-order valence-corrected chi connectivity index (χ0v) is 13.1. The number of nitrogens with one attached hydrogen (secondary N) is 2. The summed E-state index contributed by atoms with van der Waals surface area (Å²) in [6.45, 7) is 3.93. The van der Waals surface area contributed by atoms with Crippen molar-refractivity contribution in [2.45, 2.75) is 20.4 Å². The Morgan fingerprint density at radius 1 is 1.04 bits per heavy atom. The molecule has 0 fully saturated rings. The quantitative estimate of drug-likeness (QED) is 0.889. The molecule has 0 atom stereocenters. The standard InChI is InChI=1S/C18H19FN2O2/c1-12(2)17(22)21-14-9-7-13(8-10-14)11-20-18(23)15-5-3-4-6-16(15)19/h3-10,12H,11H2,1-2H3,(H,20,23)(H,21,22). The van der Waals surface area contributed by atoms with E-state index in [1.165, 1.54) is 18.2 Å². The molecule has 0 aliphatic rings. The number of hydrogen-bond donors (Lipinski definition) is 2. The average Bonchev–Trinajstić information content (AvgIpc) is 2.54. The van der Waals surface area contributed by atoms with Crippen molar-refractivity contribution >= 4 is 17.5 Å². The van der Waals surface area contributed by atoms with Gasteiger partial charge in [-0.25, -0.2) is 4.39 Å². The minimum absolute atomic E-state index is 0.0216. The zero-order chi connectivity index (χ0) is 16.8. The van der Waals surface area contributed by atoms with Crippen LogP contribution in [0.4, 0.5) is 10.1 Å². The number of amides is 2. The third-order valence-corrected chi connectivity index (χ3v) is 3.32. The van der Waals surface area contributed by atoms with Gasteiger partial charge in [-0.2, -0.15) is 0 Å². The molecule has 2 amide bonds. The molecule has 4 nitrogen and oxygen atoms in total. The smallest absolute Gasteiger partial charge is 0.254 e. The van der Waals surface area contributed by atoms with Gasteiger partial charge in [-0.05, 0) is 29.8 Å². The molecule has 0 aromatic heterocycles. The molecule has 2 rings (SSSR count). The van der Waals surface area contributed by atoms with E-state index in [2.05, 4.69) is 10.6 Å². The molecule has 2 aromatic carbocycles. The molecule has 2 aromatic rings. The third-order valence-electron chi connectivity index (χ3n) is 3.32. The second kappa shape index (κ2) is 7.54. The highest BCUT2D eigenvalue weighted by Gasteiger charge is 2.10. The van der Waals surface area contributed by atoms with Gasteiger partial charge in [0.25, 0.3) is 5.91 Å². The molecule has 0 spiro atoms. The van der Waals surface area contributed by atoms with Gasteiger partial charge in [-0.3, -0.25) is 9.59 Å². The molecule has 0 saturated carbocycles. The summed E-state index contributed by atoms with van der Waals surface area (Å²) in [5.74, 6) is -1.14. The maximum Gasteiger partial charge on any atom is 0.254 e. The first-order valence-corrected chi connectivity index (χ1v) is 7.40. The summed E-state index contributed by atoms with van der Waals surface area (Å²) in [4.78, 5) is 23.5. The van der Waals surface area contributed by atoms with Crippen molar-refractivity contribution in [2.24, 2.45) is 5.92 Å². The molecule has 0 bridgehead atoms. The highest BCUT2D eigenvalue weighted by molar-refractivity contribution is 5.94. The SMILES string of the molecule is CC(C)C(=O)Nc1ccc(CNC(=O)c2ccccc2F)cc1. The first kappa shape index (κ1) is 16.7. The van der Waals surface area contributed by atoms with Gasteiger partial charge in [-0.15, -0.1) is 0 Å². The fourth-order valence-electron chi connectivity index (χ4n) is 1.92. The molecule has 0 heterocycles. The van der Waals surface area contributed by atoms with Crippen LogP contribution in [0.25, 0.3) is 0 Å². The lowest BCUT2D eigenvalue weighted by molar-refractivity contribution is -0.118.